The average Bonchev–Trinajstić information content (AvgIpc) is 2.38. The maximum Gasteiger partial charge on any atom is 0.322 e. The van der Waals surface area contributed by atoms with Crippen LogP contribution in [0.15, 0.2) is 0 Å². The maximum atomic E-state index is 11.5. The normalized spacial score (nSPS) is 12.5. The van der Waals surface area contributed by atoms with E-state index in [0.717, 1.165) is 0 Å². The number of aliphatic carboxylic acids is 2. The van der Waals surface area contributed by atoms with Gasteiger partial charge in [0.05, 0.1) is 0 Å². The summed E-state index contributed by atoms with van der Waals surface area (Å²) >= 11 is 3.87. The SMILES string of the molecule is N[C@@H](CCC(=O)N[C@@H](CS)C(=O)NCC(=O)O)C(=O)O.[Yb]. The van der Waals surface area contributed by atoms with Gasteiger partial charge in [0, 0.05) is 59.1 Å². The van der Waals surface area contributed by atoms with Crippen LogP contribution in [-0.2, 0) is 19.2 Å². The molecule has 0 saturated heterocycles. The second-order valence-electron chi connectivity index (χ2n) is 3.90. The molecule has 0 aliphatic carbocycles. The predicted octanol–water partition coefficient (Wildman–Crippen LogP) is -2.21. The summed E-state index contributed by atoms with van der Waals surface area (Å²) in [7, 11) is 0. The van der Waals surface area contributed by atoms with Crippen LogP contribution in [0.1, 0.15) is 12.8 Å². The fourth-order valence-electron chi connectivity index (χ4n) is 1.16. The zero-order valence-electron chi connectivity index (χ0n) is 10.8. The van der Waals surface area contributed by atoms with E-state index in [1.807, 2.05) is 0 Å². The van der Waals surface area contributed by atoms with Gasteiger partial charge in [0.1, 0.15) is 18.6 Å². The molecule has 0 fully saturated rings. The van der Waals surface area contributed by atoms with Crippen molar-refractivity contribution in [3.8, 4) is 0 Å². The quantitative estimate of drug-likeness (QED) is 0.204. The molecule has 0 saturated carbocycles. The molecule has 0 rings (SSSR count). The number of hydrogen-bond acceptors (Lipinski definition) is 6. The van der Waals surface area contributed by atoms with E-state index in [1.54, 1.807) is 0 Å². The number of rotatable bonds is 9. The zero-order valence-corrected chi connectivity index (χ0v) is 13.4. The van der Waals surface area contributed by atoms with Crippen LogP contribution in [-0.4, -0.2) is 58.3 Å². The van der Waals surface area contributed by atoms with Gasteiger partial charge in [-0.05, 0) is 6.42 Å². The number of thiol groups is 1. The topological polar surface area (TPSA) is 159 Å². The Kier molecular flexibility index (Phi) is 13.4. The van der Waals surface area contributed by atoms with Crippen LogP contribution in [0, 0.1) is 46.9 Å². The van der Waals surface area contributed by atoms with Gasteiger partial charge in [0.2, 0.25) is 11.8 Å². The summed E-state index contributed by atoms with van der Waals surface area (Å²) in [5, 5.41) is 21.4. The molecular weight excluding hydrogens is 463 g/mol. The summed E-state index contributed by atoms with van der Waals surface area (Å²) in [5.74, 6) is -3.70. The summed E-state index contributed by atoms with van der Waals surface area (Å²) < 4.78 is 0. The van der Waals surface area contributed by atoms with Crippen molar-refractivity contribution in [2.45, 2.75) is 24.9 Å². The number of nitrogens with two attached hydrogens (primary N) is 1. The molecule has 0 aromatic rings. The van der Waals surface area contributed by atoms with Crippen molar-refractivity contribution >= 4 is 36.4 Å². The van der Waals surface area contributed by atoms with Crippen LogP contribution in [0.25, 0.3) is 0 Å². The van der Waals surface area contributed by atoms with Crippen molar-refractivity contribution in [2.24, 2.45) is 5.73 Å². The molecule has 0 aromatic carbocycles. The molecule has 21 heavy (non-hydrogen) atoms. The van der Waals surface area contributed by atoms with Crippen molar-refractivity contribution < 1.29 is 76.3 Å². The Bertz CT molecular complexity index is 395. The van der Waals surface area contributed by atoms with Crippen molar-refractivity contribution in [1.29, 1.82) is 0 Å². The molecule has 0 unspecified atom stereocenters. The standard InChI is InChI=1S/C10H17N3O6S.Yb/c11-5(10(18)19)1-2-7(14)13-6(4-20)9(17)12-3-8(15)16;/h5-6,20H,1-4,11H2,(H,12,17)(H,13,14)(H,15,16)(H,18,19);/t5-,6-;/m0./s1. The van der Waals surface area contributed by atoms with E-state index in [9.17, 15) is 19.2 Å². The summed E-state index contributed by atoms with van der Waals surface area (Å²) in [5.41, 5.74) is 5.23. The first-order chi connectivity index (χ1) is 9.27. The minimum atomic E-state index is -1.22. The third-order valence-corrected chi connectivity index (χ3v) is 2.61. The predicted molar refractivity (Wildman–Crippen MR) is 71.3 cm³/mol. The Morgan fingerprint density at radius 3 is 2.19 bits per heavy atom. The molecular formula is C10H17N3O6SYb. The summed E-state index contributed by atoms with van der Waals surface area (Å²) in [6, 6.07) is -2.15. The molecule has 0 aliphatic rings. The number of carboxylic acids is 2. The van der Waals surface area contributed by atoms with Gasteiger partial charge in [0.25, 0.3) is 0 Å². The van der Waals surface area contributed by atoms with Crippen molar-refractivity contribution in [3.63, 3.8) is 0 Å². The Hall–Kier alpha value is -0.291. The van der Waals surface area contributed by atoms with Gasteiger partial charge >= 0.3 is 11.9 Å². The van der Waals surface area contributed by atoms with Crippen molar-refractivity contribution in [1.82, 2.24) is 10.6 Å². The Morgan fingerprint density at radius 2 is 1.76 bits per heavy atom. The van der Waals surface area contributed by atoms with Gasteiger partial charge in [-0.2, -0.15) is 12.6 Å². The molecule has 2 atom stereocenters. The van der Waals surface area contributed by atoms with Gasteiger partial charge in [-0.3, -0.25) is 19.2 Å². The third-order valence-electron chi connectivity index (χ3n) is 2.25. The Morgan fingerprint density at radius 1 is 1.19 bits per heavy atom. The number of carbonyl (C=O) groups excluding carboxylic acids is 2. The molecule has 0 aromatic heterocycles. The van der Waals surface area contributed by atoms with E-state index in [4.69, 9.17) is 15.9 Å². The molecule has 0 spiro atoms. The zero-order chi connectivity index (χ0) is 15.7. The third kappa shape index (κ3) is 11.0. The molecule has 9 nitrogen and oxygen atoms in total. The largest absolute Gasteiger partial charge is 0.480 e. The van der Waals surface area contributed by atoms with Crippen molar-refractivity contribution in [2.75, 3.05) is 12.3 Å². The van der Waals surface area contributed by atoms with Crippen LogP contribution in [0.3, 0.4) is 0 Å². The van der Waals surface area contributed by atoms with Gasteiger partial charge < -0.3 is 26.6 Å². The van der Waals surface area contributed by atoms with Gasteiger partial charge in [-0.15, -0.1) is 0 Å². The van der Waals surface area contributed by atoms with Gasteiger partial charge in [-0.1, -0.05) is 0 Å². The molecule has 6 N–H and O–H groups in total. The van der Waals surface area contributed by atoms with E-state index < -0.39 is 42.4 Å². The Labute approximate surface area is 165 Å². The molecule has 0 aliphatic heterocycles. The van der Waals surface area contributed by atoms with E-state index >= 15 is 0 Å². The fraction of sp³-hybridized carbons (Fsp3) is 0.600. The van der Waals surface area contributed by atoms with Crippen LogP contribution < -0.4 is 16.4 Å². The second kappa shape index (κ2) is 12.3. The van der Waals surface area contributed by atoms with Gasteiger partial charge in [-0.25, -0.2) is 0 Å². The first-order valence-corrected chi connectivity index (χ1v) is 6.29. The van der Waals surface area contributed by atoms with E-state index in [2.05, 4.69) is 23.3 Å². The van der Waals surface area contributed by atoms with E-state index in [0.29, 0.717) is 0 Å². The minimum Gasteiger partial charge on any atom is -0.480 e. The number of hydrogen-bond donors (Lipinski definition) is 6. The molecule has 128 valence electrons. The number of amides is 2. The fourth-order valence-corrected chi connectivity index (χ4v) is 1.41. The molecule has 0 radical (unpaired) electrons. The first kappa shape index (κ1) is 23.0. The van der Waals surface area contributed by atoms with Gasteiger partial charge in [0.15, 0.2) is 0 Å². The maximum absolute atomic E-state index is 11.5. The summed E-state index contributed by atoms with van der Waals surface area (Å²) in [6.07, 6.45) is -0.235. The monoisotopic (exact) mass is 481 g/mol. The molecule has 2 amide bonds. The van der Waals surface area contributed by atoms with Crippen LogP contribution >= 0.6 is 12.6 Å². The van der Waals surface area contributed by atoms with Crippen LogP contribution in [0.2, 0.25) is 0 Å². The second-order valence-corrected chi connectivity index (χ2v) is 4.26. The van der Waals surface area contributed by atoms with E-state index in [-0.39, 0.29) is 65.5 Å². The molecule has 0 heterocycles. The summed E-state index contributed by atoms with van der Waals surface area (Å²) in [6.45, 7) is -0.567. The number of nitrogens with one attached hydrogen (secondary N) is 2. The summed E-state index contributed by atoms with van der Waals surface area (Å²) in [4.78, 5) is 43.7. The van der Waals surface area contributed by atoms with Crippen molar-refractivity contribution in [3.05, 3.63) is 0 Å². The van der Waals surface area contributed by atoms with Crippen LogP contribution in [0.5, 0.6) is 0 Å². The number of carboxylic acid groups (broad SMARTS) is 2. The minimum absolute atomic E-state index is 0. The number of carbonyl (C=O) groups is 4. The molecule has 0 bridgehead atoms. The van der Waals surface area contributed by atoms with E-state index in [1.165, 1.54) is 0 Å². The Balaban J connectivity index is 0. The first-order valence-electron chi connectivity index (χ1n) is 5.66. The average molecular weight is 480 g/mol. The smallest absolute Gasteiger partial charge is 0.322 e. The molecule has 11 heteroatoms. The van der Waals surface area contributed by atoms with Crippen LogP contribution in [0.4, 0.5) is 0 Å².